The number of benzene rings is 4. The van der Waals surface area contributed by atoms with E-state index in [0.29, 0.717) is 0 Å². The maximum absolute atomic E-state index is 5.94. The van der Waals surface area contributed by atoms with Crippen molar-refractivity contribution in [3.63, 3.8) is 0 Å². The first-order valence-electron chi connectivity index (χ1n) is 11.0. The van der Waals surface area contributed by atoms with Gasteiger partial charge >= 0.3 is 0 Å². The van der Waals surface area contributed by atoms with E-state index in [1.807, 2.05) is 12.1 Å². The van der Waals surface area contributed by atoms with Gasteiger partial charge in [0.2, 0.25) is 0 Å². The number of aryl methyl sites for hydroxylation is 6. The quantitative estimate of drug-likeness (QED) is 0.314. The molecular formula is C30H30O. The normalized spacial score (nSPS) is 10.8. The van der Waals surface area contributed by atoms with Gasteiger partial charge in [-0.3, -0.25) is 0 Å². The van der Waals surface area contributed by atoms with E-state index in [1.165, 1.54) is 44.5 Å². The molecule has 0 fully saturated rings. The minimum absolute atomic E-state index is 0.873. The van der Waals surface area contributed by atoms with Crippen LogP contribution < -0.4 is 4.74 Å². The van der Waals surface area contributed by atoms with Crippen molar-refractivity contribution in [2.24, 2.45) is 0 Å². The van der Waals surface area contributed by atoms with Gasteiger partial charge in [0.1, 0.15) is 11.5 Å². The molecule has 0 saturated carbocycles. The van der Waals surface area contributed by atoms with Crippen molar-refractivity contribution in [1.29, 1.82) is 0 Å². The smallest absolute Gasteiger partial charge is 0.127 e. The van der Waals surface area contributed by atoms with Crippen molar-refractivity contribution in [3.05, 3.63) is 118 Å². The van der Waals surface area contributed by atoms with Crippen molar-refractivity contribution in [1.82, 2.24) is 0 Å². The average Bonchev–Trinajstić information content (AvgIpc) is 2.77. The first-order chi connectivity index (χ1) is 15.0. The summed E-state index contributed by atoms with van der Waals surface area (Å²) < 4.78 is 5.94. The molecule has 0 N–H and O–H groups in total. The first kappa shape index (κ1) is 20.9. The molecule has 1 nitrogen and oxygen atoms in total. The fraction of sp³-hybridized carbons (Fsp3) is 0.200. The predicted octanol–water partition coefficient (Wildman–Crippen LogP) is 8.16. The van der Waals surface area contributed by atoms with E-state index in [9.17, 15) is 0 Å². The van der Waals surface area contributed by atoms with Crippen LogP contribution in [-0.4, -0.2) is 0 Å². The summed E-state index contributed by atoms with van der Waals surface area (Å²) in [6.45, 7) is 8.64. The molecule has 4 aromatic carbocycles. The number of ether oxygens (including phenoxy) is 1. The van der Waals surface area contributed by atoms with E-state index in [2.05, 4.69) is 100 Å². The lowest BCUT2D eigenvalue weighted by Gasteiger charge is -2.11. The van der Waals surface area contributed by atoms with Crippen LogP contribution in [-0.2, 0) is 12.8 Å². The highest BCUT2D eigenvalue weighted by Crippen LogP contribution is 2.26. The van der Waals surface area contributed by atoms with E-state index in [4.69, 9.17) is 4.74 Å². The maximum Gasteiger partial charge on any atom is 0.127 e. The fourth-order valence-corrected chi connectivity index (χ4v) is 3.82. The second-order valence-corrected chi connectivity index (χ2v) is 8.50. The topological polar surface area (TPSA) is 9.23 Å². The second-order valence-electron chi connectivity index (χ2n) is 8.50. The third kappa shape index (κ3) is 5.24. The SMILES string of the molecule is Cc1ccc(Oc2ccc(CCc3ccc(-c4ccc(C)c(C)c4)cc3C)cc2)cc1. The van der Waals surface area contributed by atoms with Gasteiger partial charge in [0.15, 0.2) is 0 Å². The van der Waals surface area contributed by atoms with Gasteiger partial charge in [-0.2, -0.15) is 0 Å². The van der Waals surface area contributed by atoms with Crippen LogP contribution in [0.2, 0.25) is 0 Å². The summed E-state index contributed by atoms with van der Waals surface area (Å²) >= 11 is 0. The third-order valence-electron chi connectivity index (χ3n) is 6.05. The monoisotopic (exact) mass is 406 g/mol. The molecule has 0 radical (unpaired) electrons. The molecular weight excluding hydrogens is 376 g/mol. The standard InChI is InChI=1S/C30H30O/c1-21-5-15-29(16-6-21)31-30-17-9-25(10-18-30)8-12-26-13-14-28(20-24(26)4)27-11-7-22(2)23(3)19-27/h5-7,9-11,13-20H,8,12H2,1-4H3. The molecule has 31 heavy (non-hydrogen) atoms. The molecule has 0 atom stereocenters. The summed E-state index contributed by atoms with van der Waals surface area (Å²) in [5, 5.41) is 0. The Morgan fingerprint density at radius 1 is 0.516 bits per heavy atom. The maximum atomic E-state index is 5.94. The van der Waals surface area contributed by atoms with E-state index in [0.717, 1.165) is 24.3 Å². The van der Waals surface area contributed by atoms with Gasteiger partial charge < -0.3 is 4.74 Å². The molecule has 0 heterocycles. The van der Waals surface area contributed by atoms with Crippen LogP contribution in [0.4, 0.5) is 0 Å². The fourth-order valence-electron chi connectivity index (χ4n) is 3.82. The summed E-state index contributed by atoms with van der Waals surface area (Å²) in [6.07, 6.45) is 2.06. The Balaban J connectivity index is 1.39. The zero-order valence-corrected chi connectivity index (χ0v) is 18.9. The molecule has 0 aliphatic carbocycles. The number of hydrogen-bond donors (Lipinski definition) is 0. The van der Waals surface area contributed by atoms with Crippen molar-refractivity contribution in [2.45, 2.75) is 40.5 Å². The largest absolute Gasteiger partial charge is 0.457 e. The van der Waals surface area contributed by atoms with Gasteiger partial charge in [0.25, 0.3) is 0 Å². The van der Waals surface area contributed by atoms with Crippen LogP contribution >= 0.6 is 0 Å². The molecule has 156 valence electrons. The van der Waals surface area contributed by atoms with Gasteiger partial charge in [-0.05, 0) is 104 Å². The predicted molar refractivity (Wildman–Crippen MR) is 131 cm³/mol. The summed E-state index contributed by atoms with van der Waals surface area (Å²) in [4.78, 5) is 0. The summed E-state index contributed by atoms with van der Waals surface area (Å²) in [5.41, 5.74) is 10.6. The molecule has 1 heteroatoms. The Kier molecular flexibility index (Phi) is 6.23. The lowest BCUT2D eigenvalue weighted by molar-refractivity contribution is 0.482. The molecule has 4 rings (SSSR count). The van der Waals surface area contributed by atoms with Crippen LogP contribution in [0.5, 0.6) is 11.5 Å². The minimum atomic E-state index is 0.873. The van der Waals surface area contributed by atoms with Crippen LogP contribution in [0.25, 0.3) is 11.1 Å². The Morgan fingerprint density at radius 3 is 1.71 bits per heavy atom. The van der Waals surface area contributed by atoms with Crippen LogP contribution in [0.3, 0.4) is 0 Å². The lowest BCUT2D eigenvalue weighted by Crippen LogP contribution is -1.95. The Labute approximate surface area is 186 Å². The van der Waals surface area contributed by atoms with E-state index < -0.39 is 0 Å². The third-order valence-corrected chi connectivity index (χ3v) is 6.05. The minimum Gasteiger partial charge on any atom is -0.457 e. The second kappa shape index (κ2) is 9.22. The molecule has 0 amide bonds. The van der Waals surface area contributed by atoms with Crippen molar-refractivity contribution in [3.8, 4) is 22.6 Å². The zero-order valence-electron chi connectivity index (χ0n) is 18.9. The molecule has 0 aliphatic heterocycles. The van der Waals surface area contributed by atoms with Crippen molar-refractivity contribution in [2.75, 3.05) is 0 Å². The van der Waals surface area contributed by atoms with Gasteiger partial charge in [0, 0.05) is 0 Å². The molecule has 0 saturated heterocycles. The van der Waals surface area contributed by atoms with Crippen LogP contribution in [0.1, 0.15) is 33.4 Å². The molecule has 4 aromatic rings. The van der Waals surface area contributed by atoms with Crippen LogP contribution in [0.15, 0.2) is 84.9 Å². The number of rotatable bonds is 6. The summed E-state index contributed by atoms with van der Waals surface area (Å²) in [7, 11) is 0. The molecule has 0 aromatic heterocycles. The Hall–Kier alpha value is -3.32. The van der Waals surface area contributed by atoms with Gasteiger partial charge in [-0.1, -0.05) is 66.2 Å². The van der Waals surface area contributed by atoms with Gasteiger partial charge in [-0.15, -0.1) is 0 Å². The first-order valence-corrected chi connectivity index (χ1v) is 11.0. The van der Waals surface area contributed by atoms with Gasteiger partial charge in [0.05, 0.1) is 0 Å². The molecule has 0 bridgehead atoms. The zero-order chi connectivity index (χ0) is 21.8. The van der Waals surface area contributed by atoms with E-state index in [1.54, 1.807) is 0 Å². The molecule has 0 spiro atoms. The lowest BCUT2D eigenvalue weighted by atomic mass is 9.95. The highest BCUT2D eigenvalue weighted by Gasteiger charge is 2.05. The Bertz CT molecular complexity index is 1170. The van der Waals surface area contributed by atoms with E-state index in [-0.39, 0.29) is 0 Å². The summed E-state index contributed by atoms with van der Waals surface area (Å²) in [5.74, 6) is 1.75. The average molecular weight is 407 g/mol. The van der Waals surface area contributed by atoms with Crippen molar-refractivity contribution < 1.29 is 4.74 Å². The molecule has 0 aliphatic rings. The highest BCUT2D eigenvalue weighted by atomic mass is 16.5. The van der Waals surface area contributed by atoms with E-state index >= 15 is 0 Å². The summed E-state index contributed by atoms with van der Waals surface area (Å²) in [6, 6.07) is 30.2. The molecule has 0 unspecified atom stereocenters. The number of hydrogen-bond acceptors (Lipinski definition) is 1. The highest BCUT2D eigenvalue weighted by molar-refractivity contribution is 5.66. The van der Waals surface area contributed by atoms with Crippen molar-refractivity contribution >= 4 is 0 Å². The van der Waals surface area contributed by atoms with Crippen LogP contribution in [0, 0.1) is 27.7 Å². The Morgan fingerprint density at radius 2 is 1.10 bits per heavy atom. The van der Waals surface area contributed by atoms with Gasteiger partial charge in [-0.25, -0.2) is 0 Å².